The minimum Gasteiger partial charge on any atom is -0.354 e. The Morgan fingerprint density at radius 2 is 1.74 bits per heavy atom. The predicted octanol–water partition coefficient (Wildman–Crippen LogP) is 4.55. The summed E-state index contributed by atoms with van der Waals surface area (Å²) in [7, 11) is 2.16. The molecular weight excluding hydrogens is 443 g/mol. The first-order valence-electron chi connectivity index (χ1n) is 12.0. The van der Waals surface area contributed by atoms with Gasteiger partial charge in [-0.15, -0.1) is 0 Å². The summed E-state index contributed by atoms with van der Waals surface area (Å²) in [5.74, 6) is 0.998. The fourth-order valence-electron chi connectivity index (χ4n) is 4.06. The fourth-order valence-corrected chi connectivity index (χ4v) is 4.06. The molecule has 0 spiro atoms. The van der Waals surface area contributed by atoms with Crippen LogP contribution in [0.25, 0.3) is 22.2 Å². The van der Waals surface area contributed by atoms with E-state index in [1.807, 2.05) is 24.4 Å². The monoisotopic (exact) mass is 472 g/mol. The maximum atomic E-state index is 12.5. The fraction of sp³-hybridized carbons (Fsp3) is 0.296. The van der Waals surface area contributed by atoms with Crippen molar-refractivity contribution in [3.8, 4) is 11.3 Å². The van der Waals surface area contributed by atoms with Gasteiger partial charge in [0.25, 0.3) is 0 Å². The van der Waals surface area contributed by atoms with Gasteiger partial charge in [-0.1, -0.05) is 18.2 Å². The van der Waals surface area contributed by atoms with Gasteiger partial charge in [0.05, 0.1) is 5.52 Å². The maximum Gasteiger partial charge on any atom is 0.227 e. The highest BCUT2D eigenvalue weighted by Gasteiger charge is 2.29. The third kappa shape index (κ3) is 5.66. The highest BCUT2D eigenvalue weighted by molar-refractivity contribution is 5.94. The third-order valence-electron chi connectivity index (χ3n) is 6.38. The van der Waals surface area contributed by atoms with Gasteiger partial charge in [0, 0.05) is 54.9 Å². The van der Waals surface area contributed by atoms with Crippen molar-refractivity contribution in [1.82, 2.24) is 20.1 Å². The standard InChI is InChI=1S/C17H19N5.C10H10FNO/c1-21-8-10-22(11-9-21)16-7-6-13(12-18-16)17-14-4-2-3-5-15(14)19-20-17;11-8-3-5-9(6-4-8)12-10(13)7-1-2-7/h2-7,12H,8-11H2,1H3,(H,19,20);3-7H,1-2H2,(H,12,13). The van der Waals surface area contributed by atoms with E-state index in [1.165, 1.54) is 12.1 Å². The first-order chi connectivity index (χ1) is 17.1. The number of amides is 1. The number of anilines is 2. The van der Waals surface area contributed by atoms with Gasteiger partial charge in [-0.2, -0.15) is 5.10 Å². The van der Waals surface area contributed by atoms with Gasteiger partial charge in [0.2, 0.25) is 5.91 Å². The molecule has 3 heterocycles. The SMILES string of the molecule is CN1CCN(c2ccc(-c3n[nH]c4ccccc34)cn2)CC1.O=C(Nc1ccc(F)cc1)C1CC1. The number of nitrogens with one attached hydrogen (secondary N) is 2. The van der Waals surface area contributed by atoms with Crippen LogP contribution in [0, 0.1) is 11.7 Å². The number of carbonyl (C=O) groups is 1. The number of pyridine rings is 1. The number of halogens is 1. The molecule has 4 aromatic rings. The van der Waals surface area contributed by atoms with Gasteiger partial charge in [0.1, 0.15) is 17.3 Å². The Hall–Kier alpha value is -3.78. The van der Waals surface area contributed by atoms with Crippen molar-refractivity contribution in [1.29, 1.82) is 0 Å². The summed E-state index contributed by atoms with van der Waals surface area (Å²) in [4.78, 5) is 20.6. The van der Waals surface area contributed by atoms with Crippen LogP contribution in [0.15, 0.2) is 66.9 Å². The van der Waals surface area contributed by atoms with Crippen molar-refractivity contribution < 1.29 is 9.18 Å². The molecule has 2 aliphatic rings. The van der Waals surface area contributed by atoms with Gasteiger partial charge in [-0.05, 0) is 62.4 Å². The molecule has 1 saturated heterocycles. The summed E-state index contributed by atoms with van der Waals surface area (Å²) in [5.41, 5.74) is 3.74. The molecule has 1 aliphatic heterocycles. The zero-order valence-corrected chi connectivity index (χ0v) is 19.7. The minimum atomic E-state index is -0.288. The first-order valence-corrected chi connectivity index (χ1v) is 12.0. The molecule has 0 unspecified atom stereocenters. The Balaban J connectivity index is 0.000000166. The molecule has 0 radical (unpaired) electrons. The van der Waals surface area contributed by atoms with Crippen molar-refractivity contribution in [2.45, 2.75) is 12.8 Å². The highest BCUT2D eigenvalue weighted by Crippen LogP contribution is 2.30. The van der Waals surface area contributed by atoms with Crippen molar-refractivity contribution in [2.75, 3.05) is 43.4 Å². The molecule has 2 aromatic heterocycles. The third-order valence-corrected chi connectivity index (χ3v) is 6.38. The molecule has 0 bridgehead atoms. The number of likely N-dealkylation sites (N-methyl/N-ethyl adjacent to an activating group) is 1. The number of fused-ring (bicyclic) bond motifs is 1. The average molecular weight is 473 g/mol. The summed E-state index contributed by atoms with van der Waals surface area (Å²) >= 11 is 0. The Morgan fingerprint density at radius 1 is 1.00 bits per heavy atom. The number of piperazine rings is 1. The molecule has 1 saturated carbocycles. The Bertz CT molecular complexity index is 1280. The number of hydrogen-bond acceptors (Lipinski definition) is 5. The number of H-pyrrole nitrogens is 1. The molecule has 8 heteroatoms. The zero-order valence-electron chi connectivity index (χ0n) is 19.7. The first kappa shape index (κ1) is 23.0. The van der Waals surface area contributed by atoms with E-state index in [0.29, 0.717) is 5.69 Å². The molecule has 180 valence electrons. The van der Waals surface area contributed by atoms with Gasteiger partial charge >= 0.3 is 0 Å². The smallest absolute Gasteiger partial charge is 0.227 e. The van der Waals surface area contributed by atoms with Crippen molar-refractivity contribution >= 4 is 28.3 Å². The van der Waals surface area contributed by atoms with Gasteiger partial charge in [-0.25, -0.2) is 9.37 Å². The van der Waals surface area contributed by atoms with E-state index in [1.54, 1.807) is 12.1 Å². The molecule has 2 N–H and O–H groups in total. The Labute approximate surface area is 204 Å². The van der Waals surface area contributed by atoms with Crippen molar-refractivity contribution in [2.24, 2.45) is 5.92 Å². The number of benzene rings is 2. The molecule has 35 heavy (non-hydrogen) atoms. The van der Waals surface area contributed by atoms with Crippen LogP contribution in [0.3, 0.4) is 0 Å². The topological polar surface area (TPSA) is 77.2 Å². The highest BCUT2D eigenvalue weighted by atomic mass is 19.1. The quantitative estimate of drug-likeness (QED) is 0.456. The summed E-state index contributed by atoms with van der Waals surface area (Å²) in [6, 6.07) is 18.2. The number of nitrogens with zero attached hydrogens (tertiary/aromatic N) is 4. The Morgan fingerprint density at radius 3 is 2.43 bits per heavy atom. The second kappa shape index (κ2) is 10.2. The number of para-hydroxylation sites is 1. The number of carbonyl (C=O) groups excluding carboxylic acids is 1. The molecule has 1 amide bonds. The lowest BCUT2D eigenvalue weighted by Crippen LogP contribution is -2.44. The number of aromatic nitrogens is 3. The lowest BCUT2D eigenvalue weighted by atomic mass is 10.1. The van der Waals surface area contributed by atoms with E-state index in [-0.39, 0.29) is 17.6 Å². The normalized spacial score (nSPS) is 16.0. The van der Waals surface area contributed by atoms with Crippen LogP contribution in [0.4, 0.5) is 15.9 Å². The van der Waals surface area contributed by atoms with Gasteiger partial charge < -0.3 is 15.1 Å². The molecular formula is C27H29FN6O. The van der Waals surface area contributed by atoms with E-state index in [2.05, 4.69) is 55.5 Å². The molecule has 0 atom stereocenters. The molecule has 2 fully saturated rings. The number of rotatable bonds is 4. The lowest BCUT2D eigenvalue weighted by Gasteiger charge is -2.33. The van der Waals surface area contributed by atoms with Crippen LogP contribution in [0.2, 0.25) is 0 Å². The number of hydrogen-bond donors (Lipinski definition) is 2. The average Bonchev–Trinajstić information content (AvgIpc) is 3.66. The van der Waals surface area contributed by atoms with E-state index < -0.39 is 0 Å². The minimum absolute atomic E-state index is 0.0478. The van der Waals surface area contributed by atoms with E-state index >= 15 is 0 Å². The van der Waals surface area contributed by atoms with Crippen LogP contribution >= 0.6 is 0 Å². The predicted molar refractivity (Wildman–Crippen MR) is 137 cm³/mol. The summed E-state index contributed by atoms with van der Waals surface area (Å²) in [6.45, 7) is 4.25. The second-order valence-corrected chi connectivity index (χ2v) is 9.08. The maximum absolute atomic E-state index is 12.5. The van der Waals surface area contributed by atoms with Crippen LogP contribution in [0.5, 0.6) is 0 Å². The van der Waals surface area contributed by atoms with Crippen molar-refractivity contribution in [3.63, 3.8) is 0 Å². The largest absolute Gasteiger partial charge is 0.354 e. The second-order valence-electron chi connectivity index (χ2n) is 9.08. The molecule has 6 rings (SSSR count). The van der Waals surface area contributed by atoms with Crippen molar-refractivity contribution in [3.05, 3.63) is 72.7 Å². The van der Waals surface area contributed by atoms with Gasteiger partial charge in [-0.3, -0.25) is 9.89 Å². The summed E-state index contributed by atoms with van der Waals surface area (Å²) in [6.07, 6.45) is 3.89. The molecule has 1 aliphatic carbocycles. The zero-order chi connectivity index (χ0) is 24.2. The van der Waals surface area contributed by atoms with Crippen LogP contribution in [0.1, 0.15) is 12.8 Å². The van der Waals surface area contributed by atoms with Crippen LogP contribution in [-0.4, -0.2) is 59.2 Å². The lowest BCUT2D eigenvalue weighted by molar-refractivity contribution is -0.117. The van der Waals surface area contributed by atoms with Crippen LogP contribution in [-0.2, 0) is 4.79 Å². The molecule has 7 nitrogen and oxygen atoms in total. The van der Waals surface area contributed by atoms with Crippen LogP contribution < -0.4 is 10.2 Å². The van der Waals surface area contributed by atoms with E-state index in [0.717, 1.165) is 67.0 Å². The van der Waals surface area contributed by atoms with E-state index in [4.69, 9.17) is 0 Å². The summed E-state index contributed by atoms with van der Waals surface area (Å²) in [5, 5.41) is 11.4. The Kier molecular flexibility index (Phi) is 6.72. The van der Waals surface area contributed by atoms with E-state index in [9.17, 15) is 9.18 Å². The summed E-state index contributed by atoms with van der Waals surface area (Å²) < 4.78 is 12.5. The molecule has 2 aromatic carbocycles. The van der Waals surface area contributed by atoms with Gasteiger partial charge in [0.15, 0.2) is 0 Å². The number of aromatic amines is 1.